The molecule has 0 aromatic heterocycles. The standard InChI is InChI=1S/C40H56O2/c1-29(17-13-19-31(3)21-23-37-33(5)25-35(41)27-39(37,7)8)15-11-12-16-30(2)18-14-20-32(4)22-24-38-34(6)26-36(42)28-40(38,9)10/h11-24,35-36,41-42H,25-28H2,1-10H3/b12-11+,17-13+,18-14+,23-21+,24-22+,29-15-,30-16+,31-19+,32-20+/t35-,36-/m1/s1. The van der Waals surface area contributed by atoms with Crippen LogP contribution in [0.3, 0.4) is 0 Å². The first-order valence-electron chi connectivity index (χ1n) is 15.5. The van der Waals surface area contributed by atoms with Gasteiger partial charge >= 0.3 is 0 Å². The largest absolute Gasteiger partial charge is 0.393 e. The third-order valence-electron chi connectivity index (χ3n) is 8.24. The lowest BCUT2D eigenvalue weighted by molar-refractivity contribution is 0.116. The predicted octanol–water partition coefficient (Wildman–Crippen LogP) is 10.5. The summed E-state index contributed by atoms with van der Waals surface area (Å²) in [6.07, 6.45) is 32.6. The van der Waals surface area contributed by atoms with Crippen molar-refractivity contribution in [2.75, 3.05) is 0 Å². The molecule has 2 N–H and O–H groups in total. The lowest BCUT2D eigenvalue weighted by Crippen LogP contribution is -2.28. The molecule has 0 saturated carbocycles. The Hall–Kier alpha value is -2.94. The van der Waals surface area contributed by atoms with E-state index in [4.69, 9.17) is 0 Å². The molecule has 0 bridgehead atoms. The monoisotopic (exact) mass is 568 g/mol. The van der Waals surface area contributed by atoms with Crippen molar-refractivity contribution < 1.29 is 10.2 Å². The Bertz CT molecular complexity index is 1190. The average Bonchev–Trinajstić information content (AvgIpc) is 2.84. The van der Waals surface area contributed by atoms with E-state index in [1.54, 1.807) is 0 Å². The maximum absolute atomic E-state index is 10.1. The minimum Gasteiger partial charge on any atom is -0.393 e. The molecule has 2 rings (SSSR count). The Morgan fingerprint density at radius 3 is 1.19 bits per heavy atom. The van der Waals surface area contributed by atoms with Crippen LogP contribution in [0.5, 0.6) is 0 Å². The zero-order chi connectivity index (χ0) is 31.5. The van der Waals surface area contributed by atoms with Gasteiger partial charge in [-0.3, -0.25) is 0 Å². The average molecular weight is 569 g/mol. The fourth-order valence-corrected chi connectivity index (χ4v) is 6.13. The van der Waals surface area contributed by atoms with Crippen LogP contribution in [-0.2, 0) is 0 Å². The van der Waals surface area contributed by atoms with E-state index in [1.807, 2.05) is 0 Å². The molecule has 0 aromatic carbocycles. The lowest BCUT2D eigenvalue weighted by Gasteiger charge is -2.35. The molecule has 0 aromatic rings. The van der Waals surface area contributed by atoms with Crippen molar-refractivity contribution in [2.45, 2.75) is 107 Å². The van der Waals surface area contributed by atoms with Crippen LogP contribution in [-0.4, -0.2) is 22.4 Å². The molecule has 0 amide bonds. The van der Waals surface area contributed by atoms with Gasteiger partial charge in [-0.25, -0.2) is 0 Å². The summed E-state index contributed by atoms with van der Waals surface area (Å²) in [4.78, 5) is 0. The molecule has 0 fully saturated rings. The quantitative estimate of drug-likeness (QED) is 0.257. The van der Waals surface area contributed by atoms with Gasteiger partial charge in [0.05, 0.1) is 12.2 Å². The van der Waals surface area contributed by atoms with Crippen LogP contribution in [0.2, 0.25) is 0 Å². The van der Waals surface area contributed by atoms with E-state index in [0.29, 0.717) is 0 Å². The Balaban J connectivity index is 1.90. The highest BCUT2D eigenvalue weighted by Gasteiger charge is 2.32. The van der Waals surface area contributed by atoms with Gasteiger partial charge in [0.25, 0.3) is 0 Å². The third kappa shape index (κ3) is 11.7. The Morgan fingerprint density at radius 1 is 0.548 bits per heavy atom. The molecule has 0 spiro atoms. The molecule has 2 aliphatic rings. The van der Waals surface area contributed by atoms with Crippen LogP contribution in [0.25, 0.3) is 0 Å². The van der Waals surface area contributed by atoms with Gasteiger partial charge in [0.15, 0.2) is 0 Å². The van der Waals surface area contributed by atoms with Crippen LogP contribution in [0.4, 0.5) is 0 Å². The van der Waals surface area contributed by atoms with Crippen molar-refractivity contribution in [3.63, 3.8) is 0 Å². The van der Waals surface area contributed by atoms with E-state index < -0.39 is 0 Å². The topological polar surface area (TPSA) is 40.5 Å². The SMILES string of the molecule is CC1=C(/C=C/C(C)=C/C=C/C(C)=C\C=C\C=C(C)\C=C\C=C(C)\C=C\C2=C(C)C[C@@H](O)CC2(C)C)C(C)(C)C[C@H](O)C1. The number of aliphatic hydroxyl groups excluding tert-OH is 2. The van der Waals surface area contributed by atoms with Gasteiger partial charge in [0.2, 0.25) is 0 Å². The van der Waals surface area contributed by atoms with Crippen molar-refractivity contribution >= 4 is 0 Å². The summed E-state index contributed by atoms with van der Waals surface area (Å²) < 4.78 is 0. The summed E-state index contributed by atoms with van der Waals surface area (Å²) in [7, 11) is 0. The molecule has 2 aliphatic carbocycles. The van der Waals surface area contributed by atoms with E-state index >= 15 is 0 Å². The molecule has 2 heteroatoms. The summed E-state index contributed by atoms with van der Waals surface area (Å²) >= 11 is 0. The van der Waals surface area contributed by atoms with E-state index in [2.05, 4.69) is 154 Å². The highest BCUT2D eigenvalue weighted by atomic mass is 16.3. The second-order valence-electron chi connectivity index (χ2n) is 13.7. The van der Waals surface area contributed by atoms with Crippen LogP contribution in [0, 0.1) is 10.8 Å². The van der Waals surface area contributed by atoms with Crippen LogP contribution >= 0.6 is 0 Å². The Morgan fingerprint density at radius 2 is 0.857 bits per heavy atom. The molecule has 0 radical (unpaired) electrons. The van der Waals surface area contributed by atoms with Crippen molar-refractivity contribution in [3.05, 3.63) is 130 Å². The Kier molecular flexibility index (Phi) is 13.5. The number of rotatable bonds is 10. The molecule has 2 nitrogen and oxygen atoms in total. The predicted molar refractivity (Wildman–Crippen MR) is 184 cm³/mol. The maximum atomic E-state index is 10.1. The molecule has 42 heavy (non-hydrogen) atoms. The number of hydrogen-bond donors (Lipinski definition) is 2. The molecule has 0 heterocycles. The van der Waals surface area contributed by atoms with Gasteiger partial charge < -0.3 is 10.2 Å². The molecule has 2 atom stereocenters. The summed E-state index contributed by atoms with van der Waals surface area (Å²) in [6.45, 7) is 21.6. The second-order valence-corrected chi connectivity index (χ2v) is 13.7. The normalized spacial score (nSPS) is 25.0. The summed E-state index contributed by atoms with van der Waals surface area (Å²) in [6, 6.07) is 0. The van der Waals surface area contributed by atoms with Gasteiger partial charge in [0.1, 0.15) is 0 Å². The zero-order valence-corrected chi connectivity index (χ0v) is 28.0. The summed E-state index contributed by atoms with van der Waals surface area (Å²) in [5.74, 6) is 0. The summed E-state index contributed by atoms with van der Waals surface area (Å²) in [5.41, 5.74) is 10.1. The van der Waals surface area contributed by atoms with Crippen molar-refractivity contribution in [1.29, 1.82) is 0 Å². The van der Waals surface area contributed by atoms with E-state index in [0.717, 1.165) is 25.7 Å². The molecule has 0 aliphatic heterocycles. The third-order valence-corrected chi connectivity index (χ3v) is 8.24. The van der Waals surface area contributed by atoms with Gasteiger partial charge in [-0.05, 0) is 89.2 Å². The summed E-state index contributed by atoms with van der Waals surface area (Å²) in [5, 5.41) is 20.2. The highest BCUT2D eigenvalue weighted by Crippen LogP contribution is 2.42. The smallest absolute Gasteiger partial charge is 0.0585 e. The minimum atomic E-state index is -0.227. The maximum Gasteiger partial charge on any atom is 0.0585 e. The molecular formula is C40H56O2. The van der Waals surface area contributed by atoms with Gasteiger partial charge in [-0.15, -0.1) is 0 Å². The molecule has 228 valence electrons. The zero-order valence-electron chi connectivity index (χ0n) is 28.0. The highest BCUT2D eigenvalue weighted by molar-refractivity contribution is 5.39. The van der Waals surface area contributed by atoms with Crippen LogP contribution in [0.15, 0.2) is 130 Å². The van der Waals surface area contributed by atoms with E-state index in [-0.39, 0.29) is 23.0 Å². The first kappa shape index (κ1) is 35.3. The van der Waals surface area contributed by atoms with Crippen LogP contribution < -0.4 is 0 Å². The van der Waals surface area contributed by atoms with Gasteiger partial charge in [-0.1, -0.05) is 146 Å². The van der Waals surface area contributed by atoms with Gasteiger partial charge in [0, 0.05) is 0 Å². The lowest BCUT2D eigenvalue weighted by atomic mass is 9.71. The molecule has 0 saturated heterocycles. The fourth-order valence-electron chi connectivity index (χ4n) is 6.13. The first-order chi connectivity index (χ1) is 19.6. The number of allylic oxidation sites excluding steroid dienone is 20. The Labute approximate surface area is 257 Å². The van der Waals surface area contributed by atoms with Gasteiger partial charge in [-0.2, -0.15) is 0 Å². The molecule has 0 unspecified atom stereocenters. The van der Waals surface area contributed by atoms with Crippen molar-refractivity contribution in [1.82, 2.24) is 0 Å². The van der Waals surface area contributed by atoms with Crippen LogP contribution in [0.1, 0.15) is 94.9 Å². The molecular weight excluding hydrogens is 512 g/mol. The number of aliphatic hydroxyl groups is 2. The number of hydrogen-bond acceptors (Lipinski definition) is 2. The first-order valence-corrected chi connectivity index (χ1v) is 15.5. The second kappa shape index (κ2) is 16.1. The van der Waals surface area contributed by atoms with Crippen molar-refractivity contribution in [3.8, 4) is 0 Å². The van der Waals surface area contributed by atoms with E-state index in [1.165, 1.54) is 44.6 Å². The van der Waals surface area contributed by atoms with E-state index in [9.17, 15) is 10.2 Å². The minimum absolute atomic E-state index is 0.00547. The van der Waals surface area contributed by atoms with Crippen molar-refractivity contribution in [2.24, 2.45) is 10.8 Å². The fraction of sp³-hybridized carbons (Fsp3) is 0.450.